The number of benzene rings is 1. The molecule has 1 heterocycles. The summed E-state index contributed by atoms with van der Waals surface area (Å²) in [4.78, 5) is 12.2. The van der Waals surface area contributed by atoms with Gasteiger partial charge in [-0.3, -0.25) is 0 Å². The number of hydrogen-bond acceptors (Lipinski definition) is 4. The summed E-state index contributed by atoms with van der Waals surface area (Å²) in [5.74, 6) is -0.615. The van der Waals surface area contributed by atoms with E-state index in [1.54, 1.807) is 12.1 Å². The molecule has 4 nitrogen and oxygen atoms in total. The van der Waals surface area contributed by atoms with Gasteiger partial charge in [0.2, 0.25) is 5.60 Å². The highest BCUT2D eigenvalue weighted by Gasteiger charge is 2.55. The van der Waals surface area contributed by atoms with Crippen molar-refractivity contribution < 1.29 is 14.6 Å². The van der Waals surface area contributed by atoms with E-state index in [4.69, 9.17) is 4.74 Å². The largest absolute Gasteiger partial charge is 0.467 e. The van der Waals surface area contributed by atoms with Crippen LogP contribution in [0.2, 0.25) is 0 Å². The monoisotopic (exact) mass is 263 g/mol. The Kier molecular flexibility index (Phi) is 3.92. The van der Waals surface area contributed by atoms with Crippen LogP contribution >= 0.6 is 0 Å². The number of rotatable bonds is 3. The van der Waals surface area contributed by atoms with Gasteiger partial charge in [0, 0.05) is 0 Å². The molecule has 1 aromatic carbocycles. The molecule has 0 aliphatic carbocycles. The van der Waals surface area contributed by atoms with Gasteiger partial charge in [-0.2, -0.15) is 0 Å². The van der Waals surface area contributed by atoms with E-state index in [-0.39, 0.29) is 0 Å². The van der Waals surface area contributed by atoms with Crippen LogP contribution in [0, 0.1) is 0 Å². The standard InChI is InChI=1S/C15H21NO3/c1-14(10-6-7-11-16-14)15(18,13(17)19-2)12-8-4-3-5-9-12/h3-5,8-9,16,18H,6-7,10-11H2,1-2H3/t14-,15?/m0/s1. The summed E-state index contributed by atoms with van der Waals surface area (Å²) in [6, 6.07) is 9.01. The Morgan fingerprint density at radius 2 is 2.05 bits per heavy atom. The molecule has 0 aromatic heterocycles. The van der Waals surface area contributed by atoms with Crippen molar-refractivity contribution in [2.75, 3.05) is 13.7 Å². The molecule has 2 atom stereocenters. The zero-order chi connectivity index (χ0) is 13.9. The third-order valence-corrected chi connectivity index (χ3v) is 4.09. The normalized spacial score (nSPS) is 26.5. The van der Waals surface area contributed by atoms with Crippen molar-refractivity contribution in [1.29, 1.82) is 0 Å². The lowest BCUT2D eigenvalue weighted by molar-refractivity contribution is -0.175. The lowest BCUT2D eigenvalue weighted by Gasteiger charge is -2.46. The van der Waals surface area contributed by atoms with Gasteiger partial charge in [-0.1, -0.05) is 36.8 Å². The summed E-state index contributed by atoms with van der Waals surface area (Å²) in [5.41, 5.74) is -1.80. The fourth-order valence-electron chi connectivity index (χ4n) is 2.85. The highest BCUT2D eigenvalue weighted by molar-refractivity contribution is 5.83. The van der Waals surface area contributed by atoms with Crippen molar-refractivity contribution in [3.63, 3.8) is 0 Å². The summed E-state index contributed by atoms with van der Waals surface area (Å²) < 4.78 is 4.86. The van der Waals surface area contributed by atoms with Crippen molar-refractivity contribution in [1.82, 2.24) is 5.32 Å². The minimum absolute atomic E-state index is 0.568. The molecule has 0 radical (unpaired) electrons. The van der Waals surface area contributed by atoms with Crippen molar-refractivity contribution in [2.45, 2.75) is 37.3 Å². The zero-order valence-electron chi connectivity index (χ0n) is 11.5. The first-order valence-electron chi connectivity index (χ1n) is 6.66. The van der Waals surface area contributed by atoms with E-state index in [1.807, 2.05) is 25.1 Å². The first-order chi connectivity index (χ1) is 9.04. The van der Waals surface area contributed by atoms with E-state index in [9.17, 15) is 9.90 Å². The van der Waals surface area contributed by atoms with Gasteiger partial charge < -0.3 is 15.2 Å². The van der Waals surface area contributed by atoms with E-state index in [0.29, 0.717) is 5.56 Å². The average molecular weight is 263 g/mol. The number of nitrogens with one attached hydrogen (secondary N) is 1. The minimum atomic E-state index is -1.66. The third-order valence-electron chi connectivity index (χ3n) is 4.09. The minimum Gasteiger partial charge on any atom is -0.467 e. The van der Waals surface area contributed by atoms with Crippen LogP contribution in [0.4, 0.5) is 0 Å². The molecule has 2 rings (SSSR count). The van der Waals surface area contributed by atoms with Crippen LogP contribution < -0.4 is 5.32 Å². The number of hydrogen-bond donors (Lipinski definition) is 2. The first kappa shape index (κ1) is 14.0. The molecule has 1 fully saturated rings. The summed E-state index contributed by atoms with van der Waals surface area (Å²) in [7, 11) is 1.31. The van der Waals surface area contributed by atoms with Gasteiger partial charge >= 0.3 is 5.97 Å². The second-order valence-corrected chi connectivity index (χ2v) is 5.28. The molecule has 1 aromatic rings. The van der Waals surface area contributed by atoms with Crippen LogP contribution in [0.15, 0.2) is 30.3 Å². The number of piperidine rings is 1. The van der Waals surface area contributed by atoms with Gasteiger partial charge in [0.1, 0.15) is 0 Å². The van der Waals surface area contributed by atoms with E-state index in [2.05, 4.69) is 5.32 Å². The van der Waals surface area contributed by atoms with Gasteiger partial charge in [-0.25, -0.2) is 4.79 Å². The third kappa shape index (κ3) is 2.26. The van der Waals surface area contributed by atoms with Crippen molar-refractivity contribution in [3.8, 4) is 0 Å². The van der Waals surface area contributed by atoms with Crippen LogP contribution in [-0.4, -0.2) is 30.3 Å². The summed E-state index contributed by atoms with van der Waals surface area (Å²) in [5, 5.41) is 14.4. The number of carbonyl (C=O) groups is 1. The second kappa shape index (κ2) is 5.31. The number of ether oxygens (including phenoxy) is 1. The molecule has 1 saturated heterocycles. The van der Waals surface area contributed by atoms with Crippen LogP contribution in [0.25, 0.3) is 0 Å². The second-order valence-electron chi connectivity index (χ2n) is 5.28. The SMILES string of the molecule is COC(=O)C(O)(c1ccccc1)[C@]1(C)CCCCN1. The molecule has 0 spiro atoms. The van der Waals surface area contributed by atoms with E-state index >= 15 is 0 Å². The van der Waals surface area contributed by atoms with E-state index in [1.165, 1.54) is 7.11 Å². The molecule has 19 heavy (non-hydrogen) atoms. The number of aliphatic hydroxyl groups is 1. The molecule has 1 aliphatic heterocycles. The maximum atomic E-state index is 12.2. The molecule has 4 heteroatoms. The Balaban J connectivity index is 2.48. The predicted molar refractivity (Wildman–Crippen MR) is 72.6 cm³/mol. The number of esters is 1. The van der Waals surface area contributed by atoms with Crippen molar-refractivity contribution in [3.05, 3.63) is 35.9 Å². The van der Waals surface area contributed by atoms with Crippen molar-refractivity contribution in [2.24, 2.45) is 0 Å². The highest BCUT2D eigenvalue weighted by Crippen LogP contribution is 2.39. The molecule has 0 amide bonds. The quantitative estimate of drug-likeness (QED) is 0.813. The Morgan fingerprint density at radius 1 is 1.37 bits per heavy atom. The van der Waals surface area contributed by atoms with Crippen LogP contribution in [0.5, 0.6) is 0 Å². The fourth-order valence-corrected chi connectivity index (χ4v) is 2.85. The summed E-state index contributed by atoms with van der Waals surface area (Å²) in [6.45, 7) is 2.68. The Bertz CT molecular complexity index is 440. The van der Waals surface area contributed by atoms with Crippen LogP contribution in [-0.2, 0) is 15.1 Å². The fraction of sp³-hybridized carbons (Fsp3) is 0.533. The molecule has 1 aliphatic rings. The first-order valence-corrected chi connectivity index (χ1v) is 6.66. The van der Waals surface area contributed by atoms with Gasteiger partial charge in [-0.05, 0) is 31.9 Å². The predicted octanol–water partition coefficient (Wildman–Crippen LogP) is 1.58. The lowest BCUT2D eigenvalue weighted by atomic mass is 9.71. The Morgan fingerprint density at radius 3 is 2.58 bits per heavy atom. The maximum absolute atomic E-state index is 12.2. The molecule has 104 valence electrons. The van der Waals surface area contributed by atoms with Crippen LogP contribution in [0.1, 0.15) is 31.7 Å². The van der Waals surface area contributed by atoms with Gasteiger partial charge in [0.25, 0.3) is 0 Å². The molecule has 2 N–H and O–H groups in total. The zero-order valence-corrected chi connectivity index (χ0v) is 11.5. The van der Waals surface area contributed by atoms with E-state index < -0.39 is 17.1 Å². The highest BCUT2D eigenvalue weighted by atomic mass is 16.5. The van der Waals surface area contributed by atoms with Crippen LogP contribution in [0.3, 0.4) is 0 Å². The average Bonchev–Trinajstić information content (AvgIpc) is 2.47. The van der Waals surface area contributed by atoms with Gasteiger partial charge in [0.15, 0.2) is 0 Å². The van der Waals surface area contributed by atoms with Gasteiger partial charge in [-0.15, -0.1) is 0 Å². The van der Waals surface area contributed by atoms with Crippen molar-refractivity contribution >= 4 is 5.97 Å². The number of methoxy groups -OCH3 is 1. The smallest absolute Gasteiger partial charge is 0.344 e. The summed E-state index contributed by atoms with van der Waals surface area (Å²) in [6.07, 6.45) is 2.77. The molecular formula is C15H21NO3. The summed E-state index contributed by atoms with van der Waals surface area (Å²) >= 11 is 0. The topological polar surface area (TPSA) is 58.6 Å². The Hall–Kier alpha value is -1.39. The number of carbonyl (C=O) groups excluding carboxylic acids is 1. The molecular weight excluding hydrogens is 242 g/mol. The van der Waals surface area contributed by atoms with Gasteiger partial charge in [0.05, 0.1) is 12.6 Å². The molecule has 0 saturated carbocycles. The maximum Gasteiger partial charge on any atom is 0.344 e. The molecule has 1 unspecified atom stereocenters. The molecule has 0 bridgehead atoms. The lowest BCUT2D eigenvalue weighted by Crippen LogP contribution is -2.64. The van der Waals surface area contributed by atoms with E-state index in [0.717, 1.165) is 25.8 Å². The Labute approximate surface area is 113 Å².